The Balaban J connectivity index is 0.000000250. The van der Waals surface area contributed by atoms with E-state index in [-0.39, 0.29) is 92.6 Å². The number of benzene rings is 4. The maximum atomic E-state index is 12.0. The minimum Gasteiger partial charge on any atom is -0.871 e. The number of azo groups is 1. The molecule has 0 saturated heterocycles. The first-order valence-electron chi connectivity index (χ1n) is 13.2. The van der Waals surface area contributed by atoms with Crippen LogP contribution in [0.5, 0.6) is 11.5 Å². The number of hydrogen-bond acceptors (Lipinski definition) is 13. The Bertz CT molecular complexity index is 2090. The van der Waals surface area contributed by atoms with Gasteiger partial charge in [0.2, 0.25) is 11.6 Å². The molecule has 0 bridgehead atoms. The number of fused-ring (bicyclic) bond motifs is 2. The number of nitro groups is 1. The molecule has 1 radical (unpaired) electrons. The van der Waals surface area contributed by atoms with Crippen LogP contribution in [-0.2, 0) is 27.0 Å². The van der Waals surface area contributed by atoms with E-state index in [1.807, 2.05) is 24.3 Å². The molecule has 16 heteroatoms. The van der Waals surface area contributed by atoms with Gasteiger partial charge in [0.05, 0.1) is 16.3 Å². The molecular weight excluding hydrogens is 671 g/mol. The van der Waals surface area contributed by atoms with Crippen LogP contribution in [0.2, 0.25) is 0 Å². The summed E-state index contributed by atoms with van der Waals surface area (Å²) < 4.78 is 0. The summed E-state index contributed by atoms with van der Waals surface area (Å²) in [6, 6.07) is 20.6. The van der Waals surface area contributed by atoms with Crippen molar-refractivity contribution in [1.82, 2.24) is 5.23 Å². The third-order valence-corrected chi connectivity index (χ3v) is 6.55. The van der Waals surface area contributed by atoms with Crippen molar-refractivity contribution in [3.63, 3.8) is 0 Å². The number of nitrogens with zero attached hydrogens (tertiary/aromatic N) is 6. The number of ketones is 2. The number of carbonyl (C=O) groups is 2. The van der Waals surface area contributed by atoms with Crippen LogP contribution in [0.15, 0.2) is 129 Å². The van der Waals surface area contributed by atoms with Crippen molar-refractivity contribution in [3.8, 4) is 11.5 Å². The molecule has 0 aromatic heterocycles. The van der Waals surface area contributed by atoms with Crippen molar-refractivity contribution in [3.05, 3.63) is 141 Å². The SMILES string of the molecule is O=C1C=C(N([O-])[O-])C=CC1=NN=C1C(=O)C=Cc2ccccc21.O=[N+]([O-])c1ccc(N=Nc2c([O-])ccc3ccccc23)c([O-])c1.[Cr+3].[Na+]. The van der Waals surface area contributed by atoms with E-state index in [0.29, 0.717) is 10.9 Å². The maximum Gasteiger partial charge on any atom is 3.00 e. The summed E-state index contributed by atoms with van der Waals surface area (Å²) in [5, 5.41) is 71.7. The van der Waals surface area contributed by atoms with Gasteiger partial charge in [-0.15, -0.1) is 10.2 Å². The van der Waals surface area contributed by atoms with Crippen LogP contribution in [0.25, 0.3) is 16.8 Å². The van der Waals surface area contributed by atoms with Gasteiger partial charge in [0.15, 0.2) is 0 Å². The van der Waals surface area contributed by atoms with E-state index >= 15 is 0 Å². The van der Waals surface area contributed by atoms with Gasteiger partial charge in [-0.25, -0.2) is 0 Å². The van der Waals surface area contributed by atoms with E-state index in [1.165, 1.54) is 24.3 Å². The second-order valence-electron chi connectivity index (χ2n) is 9.49. The molecule has 0 spiro atoms. The monoisotopic (exact) mass is 689 g/mol. The summed E-state index contributed by atoms with van der Waals surface area (Å²) in [5.41, 5.74) is 0.935. The second-order valence-corrected chi connectivity index (χ2v) is 9.49. The summed E-state index contributed by atoms with van der Waals surface area (Å²) in [4.78, 5) is 33.7. The predicted octanol–water partition coefficient (Wildman–Crippen LogP) is 2.06. The molecule has 0 atom stereocenters. The average Bonchev–Trinajstić information content (AvgIpc) is 3.05. The van der Waals surface area contributed by atoms with E-state index in [4.69, 9.17) is 0 Å². The first kappa shape index (κ1) is 37.4. The fraction of sp³-hybridized carbons (Fsp3) is 0. The largest absolute Gasteiger partial charge is 3.00 e. The van der Waals surface area contributed by atoms with Crippen LogP contribution in [-0.4, -0.2) is 33.1 Å². The second kappa shape index (κ2) is 16.6. The predicted molar refractivity (Wildman–Crippen MR) is 165 cm³/mol. The van der Waals surface area contributed by atoms with Crippen molar-refractivity contribution >= 4 is 56.9 Å². The molecular formula is C32H18CrN6NaO8. The Kier molecular flexibility index (Phi) is 12.9. The summed E-state index contributed by atoms with van der Waals surface area (Å²) in [6.45, 7) is 0. The minimum absolute atomic E-state index is 0. The van der Waals surface area contributed by atoms with Crippen LogP contribution in [0.4, 0.5) is 17.1 Å². The van der Waals surface area contributed by atoms with E-state index in [0.717, 1.165) is 35.2 Å². The first-order valence-corrected chi connectivity index (χ1v) is 13.2. The molecule has 48 heavy (non-hydrogen) atoms. The number of hydroxylamine groups is 2. The summed E-state index contributed by atoms with van der Waals surface area (Å²) >= 11 is 0. The molecule has 14 nitrogen and oxygen atoms in total. The summed E-state index contributed by atoms with van der Waals surface area (Å²) in [7, 11) is 0. The van der Waals surface area contributed by atoms with Crippen LogP contribution < -0.4 is 39.8 Å². The Labute approximate surface area is 304 Å². The molecule has 2 aliphatic rings. The van der Waals surface area contributed by atoms with Gasteiger partial charge >= 0.3 is 46.9 Å². The van der Waals surface area contributed by atoms with Crippen LogP contribution in [0, 0.1) is 20.5 Å². The zero-order valence-corrected chi connectivity index (χ0v) is 28.0. The smallest absolute Gasteiger partial charge is 0.871 e. The number of nitro benzene ring substituents is 1. The third-order valence-electron chi connectivity index (χ3n) is 6.55. The molecule has 0 saturated carbocycles. The van der Waals surface area contributed by atoms with Crippen LogP contribution in [0.1, 0.15) is 11.1 Å². The quantitative estimate of drug-likeness (QED) is 0.0982. The van der Waals surface area contributed by atoms with Gasteiger partial charge < -0.3 is 25.9 Å². The van der Waals surface area contributed by atoms with E-state index in [1.54, 1.807) is 36.4 Å². The van der Waals surface area contributed by atoms with Crippen LogP contribution in [0.3, 0.4) is 0 Å². The maximum absolute atomic E-state index is 12.0. The van der Waals surface area contributed by atoms with Crippen molar-refractivity contribution in [1.29, 1.82) is 0 Å². The molecule has 4 aromatic carbocycles. The van der Waals surface area contributed by atoms with Crippen molar-refractivity contribution < 1.29 is 71.6 Å². The Morgan fingerprint density at radius 2 is 1.46 bits per heavy atom. The Morgan fingerprint density at radius 3 is 2.17 bits per heavy atom. The third kappa shape index (κ3) is 8.62. The fourth-order valence-corrected chi connectivity index (χ4v) is 4.28. The molecule has 4 aromatic rings. The summed E-state index contributed by atoms with van der Waals surface area (Å²) in [6.07, 6.45) is 6.30. The Morgan fingerprint density at radius 1 is 0.729 bits per heavy atom. The standard InChI is InChI=1S/C16H11N3O4.C16H9N3O4.Cr.Na/c2*20-14-8-5-10-3-1-2-4-12(10)16(14)18-17-13-7-6-11(19(22)23)9-15(13)21;;/h1-9,20-21H;1-9H;;/q;-2;+3;+1/p-2. The number of carbonyl (C=O) groups excluding carboxylic acids is 2. The van der Waals surface area contributed by atoms with Crippen molar-refractivity contribution in [2.24, 2.45) is 20.4 Å². The van der Waals surface area contributed by atoms with Crippen molar-refractivity contribution in [2.45, 2.75) is 0 Å². The fourth-order valence-electron chi connectivity index (χ4n) is 4.28. The van der Waals surface area contributed by atoms with Gasteiger partial charge in [0.1, 0.15) is 11.4 Å². The molecule has 0 aliphatic heterocycles. The minimum atomic E-state index is -0.664. The van der Waals surface area contributed by atoms with Crippen LogP contribution >= 0.6 is 0 Å². The molecule has 231 valence electrons. The number of hydrogen-bond donors (Lipinski definition) is 0. The van der Waals surface area contributed by atoms with Gasteiger partial charge in [0.25, 0.3) is 5.69 Å². The first-order chi connectivity index (χ1) is 22.1. The summed E-state index contributed by atoms with van der Waals surface area (Å²) in [5.74, 6) is -1.89. The molecule has 6 rings (SSSR count). The number of non-ortho nitro benzene ring substituents is 1. The molecule has 2 aliphatic carbocycles. The Hall–Kier alpha value is -5.11. The number of allylic oxidation sites excluding steroid dienone is 4. The zero-order valence-electron chi connectivity index (χ0n) is 24.7. The molecule has 0 unspecified atom stereocenters. The van der Waals surface area contributed by atoms with Gasteiger partial charge in [-0.3, -0.25) is 19.7 Å². The average molecular weight is 690 g/mol. The zero-order chi connectivity index (χ0) is 32.8. The van der Waals surface area contributed by atoms with E-state index in [2.05, 4.69) is 20.4 Å². The van der Waals surface area contributed by atoms with Crippen molar-refractivity contribution in [2.75, 3.05) is 0 Å². The van der Waals surface area contributed by atoms with E-state index < -0.39 is 21.7 Å². The molecule has 0 fully saturated rings. The van der Waals surface area contributed by atoms with Gasteiger partial charge in [0, 0.05) is 34.9 Å². The number of rotatable bonds is 5. The van der Waals surface area contributed by atoms with Gasteiger partial charge in [-0.1, -0.05) is 78.2 Å². The topological polar surface area (TPSA) is 222 Å². The van der Waals surface area contributed by atoms with Gasteiger partial charge in [-0.05, 0) is 35.2 Å². The normalized spacial score (nSPS) is 14.9. The van der Waals surface area contributed by atoms with E-state index in [9.17, 15) is 40.3 Å². The molecule has 0 N–H and O–H groups in total. The molecule has 0 heterocycles. The molecule has 0 amide bonds. The van der Waals surface area contributed by atoms with Gasteiger partial charge in [-0.2, -0.15) is 10.2 Å².